The highest BCUT2D eigenvalue weighted by Crippen LogP contribution is 2.67. The molecule has 0 aromatic carbocycles. The van der Waals surface area contributed by atoms with Gasteiger partial charge in [0.1, 0.15) is 5.78 Å². The van der Waals surface area contributed by atoms with E-state index in [1.807, 2.05) is 20.8 Å². The first-order chi connectivity index (χ1) is 13.6. The second-order valence-electron chi connectivity index (χ2n) is 10.2. The maximum Gasteiger partial charge on any atom is 0.159 e. The van der Waals surface area contributed by atoms with E-state index in [0.717, 1.165) is 24.2 Å². The molecule has 3 N–H and O–H groups in total. The highest BCUT2D eigenvalue weighted by molar-refractivity contribution is 7.99. The van der Waals surface area contributed by atoms with Crippen LogP contribution in [0.4, 0.5) is 0 Å². The molecule has 0 spiro atoms. The van der Waals surface area contributed by atoms with Crippen LogP contribution in [0.5, 0.6) is 0 Å². The van der Waals surface area contributed by atoms with Crippen LogP contribution in [0.1, 0.15) is 59.3 Å². The summed E-state index contributed by atoms with van der Waals surface area (Å²) in [4.78, 5) is 26.0. The molecule has 162 valence electrons. The molecule has 3 fully saturated rings. The third kappa shape index (κ3) is 2.93. The van der Waals surface area contributed by atoms with Crippen molar-refractivity contribution in [1.29, 1.82) is 0 Å². The van der Waals surface area contributed by atoms with Crippen LogP contribution in [0.15, 0.2) is 11.6 Å². The van der Waals surface area contributed by atoms with Crippen LogP contribution in [-0.4, -0.2) is 56.2 Å². The maximum absolute atomic E-state index is 13.1. The average Bonchev–Trinajstić information content (AvgIpc) is 2.94. The quantitative estimate of drug-likeness (QED) is 0.644. The van der Waals surface area contributed by atoms with E-state index in [9.17, 15) is 24.9 Å². The molecule has 0 amide bonds. The molecule has 5 nitrogen and oxygen atoms in total. The van der Waals surface area contributed by atoms with E-state index in [2.05, 4.69) is 0 Å². The average molecular weight is 423 g/mol. The van der Waals surface area contributed by atoms with Gasteiger partial charge in [0.05, 0.1) is 23.6 Å². The second kappa shape index (κ2) is 7.18. The van der Waals surface area contributed by atoms with Gasteiger partial charge in [-0.3, -0.25) is 9.59 Å². The number of aliphatic hydroxyl groups excluding tert-OH is 2. The Kier molecular flexibility index (Phi) is 5.33. The molecule has 0 aliphatic heterocycles. The van der Waals surface area contributed by atoms with Crippen LogP contribution >= 0.6 is 11.8 Å². The number of rotatable bonds is 4. The fourth-order valence-corrected chi connectivity index (χ4v) is 7.80. The molecule has 0 bridgehead atoms. The predicted octanol–water partition coefficient (Wildman–Crippen LogP) is 2.51. The standard InChI is InChI=1S/C23H34O5S/c1-4-29-12-20(27)14-6-8-23(28)15-9-17(24)16-10-18(25)19(26)11-21(16,2)13(15)5-7-22(14,23)3/h9,13-14,16,18-19,25-26,28H,4-8,10-12H2,1-3H3/t13?,14-,16+,18?,19?,21-,22-,23-/m1/s1. The molecule has 8 atom stereocenters. The summed E-state index contributed by atoms with van der Waals surface area (Å²) >= 11 is 1.63. The molecule has 29 heavy (non-hydrogen) atoms. The van der Waals surface area contributed by atoms with Gasteiger partial charge in [-0.25, -0.2) is 0 Å². The first-order valence-corrected chi connectivity index (χ1v) is 12.2. The van der Waals surface area contributed by atoms with E-state index in [0.29, 0.717) is 25.0 Å². The molecule has 0 saturated heterocycles. The number of hydrogen-bond donors (Lipinski definition) is 3. The van der Waals surface area contributed by atoms with Crippen molar-refractivity contribution < 1.29 is 24.9 Å². The lowest BCUT2D eigenvalue weighted by atomic mass is 9.46. The highest BCUT2D eigenvalue weighted by atomic mass is 32.2. The Morgan fingerprint density at radius 1 is 1.17 bits per heavy atom. The number of carbonyl (C=O) groups is 2. The van der Waals surface area contributed by atoms with Gasteiger partial charge in [-0.2, -0.15) is 11.8 Å². The zero-order valence-corrected chi connectivity index (χ0v) is 18.5. The van der Waals surface area contributed by atoms with Crippen molar-refractivity contribution >= 4 is 23.3 Å². The van der Waals surface area contributed by atoms with Crippen LogP contribution in [-0.2, 0) is 9.59 Å². The van der Waals surface area contributed by atoms with Gasteiger partial charge in [-0.05, 0) is 67.3 Å². The molecular weight excluding hydrogens is 388 g/mol. The lowest BCUT2D eigenvalue weighted by Gasteiger charge is -2.59. The molecule has 0 heterocycles. The number of hydrogen-bond acceptors (Lipinski definition) is 6. The number of fused-ring (bicyclic) bond motifs is 5. The predicted molar refractivity (Wildman–Crippen MR) is 112 cm³/mol. The molecule has 0 aromatic heterocycles. The van der Waals surface area contributed by atoms with E-state index in [4.69, 9.17) is 0 Å². The van der Waals surface area contributed by atoms with Gasteiger partial charge in [0.25, 0.3) is 0 Å². The normalized spacial score (nSPS) is 49.1. The Labute approximate surface area is 177 Å². The van der Waals surface area contributed by atoms with Crippen molar-refractivity contribution in [3.63, 3.8) is 0 Å². The number of Topliss-reactive ketones (excluding diaryl/α,β-unsaturated/α-hetero) is 1. The van der Waals surface area contributed by atoms with Crippen LogP contribution in [0.3, 0.4) is 0 Å². The van der Waals surface area contributed by atoms with Crippen LogP contribution in [0, 0.1) is 28.6 Å². The first-order valence-electron chi connectivity index (χ1n) is 11.0. The minimum absolute atomic E-state index is 0.00398. The smallest absolute Gasteiger partial charge is 0.159 e. The molecule has 3 unspecified atom stereocenters. The summed E-state index contributed by atoms with van der Waals surface area (Å²) in [6.07, 6.45) is 3.31. The van der Waals surface area contributed by atoms with Crippen molar-refractivity contribution in [3.8, 4) is 0 Å². The summed E-state index contributed by atoms with van der Waals surface area (Å²) in [5, 5.41) is 32.5. The Morgan fingerprint density at radius 2 is 1.90 bits per heavy atom. The van der Waals surface area contributed by atoms with Crippen molar-refractivity contribution in [2.24, 2.45) is 28.6 Å². The zero-order chi connectivity index (χ0) is 21.2. The number of aliphatic hydroxyl groups is 3. The minimum Gasteiger partial charge on any atom is -0.390 e. The third-order valence-corrected chi connectivity index (χ3v) is 9.85. The molecule has 0 aromatic rings. The molecule has 6 heteroatoms. The first kappa shape index (κ1) is 21.5. The van der Waals surface area contributed by atoms with Crippen molar-refractivity contribution in [1.82, 2.24) is 0 Å². The second-order valence-corrected chi connectivity index (χ2v) is 11.5. The molecule has 4 rings (SSSR count). The van der Waals surface area contributed by atoms with E-state index in [1.54, 1.807) is 17.8 Å². The van der Waals surface area contributed by atoms with E-state index >= 15 is 0 Å². The largest absolute Gasteiger partial charge is 0.390 e. The van der Waals surface area contributed by atoms with Crippen molar-refractivity contribution in [2.75, 3.05) is 11.5 Å². The van der Waals surface area contributed by atoms with Gasteiger partial charge in [0.15, 0.2) is 5.78 Å². The number of ketones is 2. The lowest BCUT2D eigenvalue weighted by molar-refractivity contribution is -0.153. The molecule has 4 aliphatic rings. The fraction of sp³-hybridized carbons (Fsp3) is 0.826. The Balaban J connectivity index is 1.71. The number of allylic oxidation sites excluding steroid dienone is 1. The Bertz CT molecular complexity index is 750. The molecule has 4 aliphatic carbocycles. The summed E-state index contributed by atoms with van der Waals surface area (Å²) in [7, 11) is 0. The topological polar surface area (TPSA) is 94.8 Å². The zero-order valence-electron chi connectivity index (χ0n) is 17.7. The Morgan fingerprint density at radius 3 is 2.59 bits per heavy atom. The summed E-state index contributed by atoms with van der Waals surface area (Å²) in [5.41, 5.74) is -1.36. The van der Waals surface area contributed by atoms with Gasteiger partial charge >= 0.3 is 0 Å². The molecular formula is C23H34O5S. The van der Waals surface area contributed by atoms with Crippen molar-refractivity contribution in [2.45, 2.75) is 77.1 Å². The van der Waals surface area contributed by atoms with Gasteiger partial charge in [0.2, 0.25) is 0 Å². The van der Waals surface area contributed by atoms with Crippen LogP contribution in [0.2, 0.25) is 0 Å². The maximum atomic E-state index is 13.1. The van der Waals surface area contributed by atoms with Gasteiger partial charge < -0.3 is 15.3 Å². The van der Waals surface area contributed by atoms with Gasteiger partial charge in [-0.1, -0.05) is 20.8 Å². The SMILES string of the molecule is CCSCC(=O)[C@H]1CC[C@@]2(O)C3=CC(=O)[C@@H]4CC(O)C(O)C[C@]4(C)C3CC[C@]12C. The lowest BCUT2D eigenvalue weighted by Crippen LogP contribution is -2.61. The van der Waals surface area contributed by atoms with Crippen molar-refractivity contribution in [3.05, 3.63) is 11.6 Å². The van der Waals surface area contributed by atoms with E-state index < -0.39 is 28.6 Å². The van der Waals surface area contributed by atoms with Gasteiger partial charge in [0, 0.05) is 17.3 Å². The van der Waals surface area contributed by atoms with E-state index in [-0.39, 0.29) is 35.7 Å². The summed E-state index contributed by atoms with van der Waals surface area (Å²) in [5.74, 6) is 1.07. The fourth-order valence-electron chi connectivity index (χ4n) is 7.19. The molecule has 0 radical (unpaired) electrons. The summed E-state index contributed by atoms with van der Waals surface area (Å²) < 4.78 is 0. The Hall–Kier alpha value is -0.690. The van der Waals surface area contributed by atoms with Crippen LogP contribution < -0.4 is 0 Å². The molecule has 3 saturated carbocycles. The summed E-state index contributed by atoms with van der Waals surface area (Å²) in [6.45, 7) is 6.12. The highest BCUT2D eigenvalue weighted by Gasteiger charge is 2.67. The number of carbonyl (C=O) groups excluding carboxylic acids is 2. The van der Waals surface area contributed by atoms with E-state index in [1.165, 1.54) is 0 Å². The van der Waals surface area contributed by atoms with Gasteiger partial charge in [-0.15, -0.1) is 0 Å². The minimum atomic E-state index is -1.14. The van der Waals surface area contributed by atoms with Crippen LogP contribution in [0.25, 0.3) is 0 Å². The monoisotopic (exact) mass is 422 g/mol. The summed E-state index contributed by atoms with van der Waals surface area (Å²) in [6, 6.07) is 0. The third-order valence-electron chi connectivity index (χ3n) is 8.95. The number of thioether (sulfide) groups is 1.